The Morgan fingerprint density at radius 3 is 2.32 bits per heavy atom. The van der Waals surface area contributed by atoms with Gasteiger partial charge in [-0.1, -0.05) is 0 Å². The molecule has 0 spiro atoms. The highest BCUT2D eigenvalue weighted by Gasteiger charge is 2.31. The first-order valence-electron chi connectivity index (χ1n) is 7.16. The summed E-state index contributed by atoms with van der Waals surface area (Å²) in [6, 6.07) is 4.56. The summed E-state index contributed by atoms with van der Waals surface area (Å²) in [6.45, 7) is 1.37. The van der Waals surface area contributed by atoms with E-state index in [4.69, 9.17) is 5.11 Å². The molecule has 1 unspecified atom stereocenters. The van der Waals surface area contributed by atoms with E-state index < -0.39 is 29.7 Å². The highest BCUT2D eigenvalue weighted by atomic mass is 19.4. The van der Waals surface area contributed by atoms with Crippen LogP contribution in [0.2, 0.25) is 0 Å². The summed E-state index contributed by atoms with van der Waals surface area (Å²) in [7, 11) is 0. The lowest BCUT2D eigenvalue weighted by molar-refractivity contribution is -0.157. The minimum Gasteiger partial charge on any atom is -0.474 e. The largest absolute Gasteiger partial charge is 0.474 e. The molecule has 0 aliphatic carbocycles. The quantitative estimate of drug-likeness (QED) is 0.855. The smallest absolute Gasteiger partial charge is 0.417 e. The highest BCUT2D eigenvalue weighted by molar-refractivity contribution is 6.31. The molecule has 1 amide bonds. The Labute approximate surface area is 140 Å². The molecule has 6 nitrogen and oxygen atoms in total. The lowest BCUT2D eigenvalue weighted by atomic mass is 10.1. The zero-order valence-electron chi connectivity index (χ0n) is 13.1. The number of alkyl halides is 3. The fourth-order valence-electron chi connectivity index (χ4n) is 2.19. The molecule has 0 bridgehead atoms. The molecule has 2 aromatic heterocycles. The van der Waals surface area contributed by atoms with Crippen LogP contribution in [0.3, 0.4) is 0 Å². The third-order valence-corrected chi connectivity index (χ3v) is 3.58. The molecule has 2 rings (SSSR count). The Kier molecular flexibility index (Phi) is 5.35. The van der Waals surface area contributed by atoms with E-state index in [2.05, 4.69) is 9.97 Å². The summed E-state index contributed by atoms with van der Waals surface area (Å²) < 4.78 is 37.7. The molecule has 2 heterocycles. The molecule has 0 radical (unpaired) electrons. The van der Waals surface area contributed by atoms with E-state index in [1.807, 2.05) is 0 Å². The molecular formula is C16H14F3N3O3. The van der Waals surface area contributed by atoms with Crippen molar-refractivity contribution in [3.05, 3.63) is 59.7 Å². The van der Waals surface area contributed by atoms with Gasteiger partial charge in [0.1, 0.15) is 0 Å². The van der Waals surface area contributed by atoms with Gasteiger partial charge in [0.15, 0.2) is 0 Å². The van der Waals surface area contributed by atoms with Gasteiger partial charge in [-0.25, -0.2) is 4.79 Å². The number of pyridine rings is 2. The second-order valence-corrected chi connectivity index (χ2v) is 5.23. The first kappa shape index (κ1) is 18.4. The fraction of sp³-hybridized carbons (Fsp3) is 0.250. The molecule has 0 saturated heterocycles. The normalized spacial score (nSPS) is 12.5. The van der Waals surface area contributed by atoms with Crippen molar-refractivity contribution in [2.24, 2.45) is 0 Å². The molecule has 25 heavy (non-hydrogen) atoms. The van der Waals surface area contributed by atoms with Crippen molar-refractivity contribution < 1.29 is 27.9 Å². The van der Waals surface area contributed by atoms with Crippen molar-refractivity contribution in [1.29, 1.82) is 0 Å². The summed E-state index contributed by atoms with van der Waals surface area (Å²) >= 11 is 0. The van der Waals surface area contributed by atoms with Crippen molar-refractivity contribution in [2.45, 2.75) is 25.7 Å². The molecule has 0 fully saturated rings. The molecule has 2 aromatic rings. The van der Waals surface area contributed by atoms with Crippen LogP contribution >= 0.6 is 0 Å². The molecule has 0 aliphatic rings. The van der Waals surface area contributed by atoms with Crippen molar-refractivity contribution >= 4 is 11.9 Å². The summed E-state index contributed by atoms with van der Waals surface area (Å²) in [5.74, 6) is -2.83. The summed E-state index contributed by atoms with van der Waals surface area (Å²) in [5, 5.41) is 9.00. The number of hydrogen-bond donors (Lipinski definition) is 1. The first-order valence-corrected chi connectivity index (χ1v) is 7.16. The molecule has 132 valence electrons. The minimum atomic E-state index is -4.52. The molecule has 0 saturated carbocycles. The van der Waals surface area contributed by atoms with E-state index in [1.54, 1.807) is 19.1 Å². The average Bonchev–Trinajstić information content (AvgIpc) is 2.59. The van der Waals surface area contributed by atoms with Gasteiger partial charge < -0.3 is 10.0 Å². The van der Waals surface area contributed by atoms with Gasteiger partial charge in [-0.05, 0) is 36.8 Å². The molecule has 1 N–H and O–H groups in total. The van der Waals surface area contributed by atoms with Crippen LogP contribution in [0.25, 0.3) is 0 Å². The van der Waals surface area contributed by atoms with E-state index in [0.29, 0.717) is 11.8 Å². The number of carboxylic acid groups (broad SMARTS) is 1. The lowest BCUT2D eigenvalue weighted by Gasteiger charge is -2.27. The number of hydrogen-bond acceptors (Lipinski definition) is 4. The Hall–Kier alpha value is -2.97. The predicted octanol–water partition coefficient (Wildman–Crippen LogP) is 2.67. The lowest BCUT2D eigenvalue weighted by Crippen LogP contribution is -2.38. The maximum Gasteiger partial charge on any atom is 0.417 e. The SMILES string of the molecule is CC(c1ccncc1)N(Cc1ccc(C(F)(F)F)cn1)C(=O)C(=O)O. The Morgan fingerprint density at radius 2 is 1.84 bits per heavy atom. The van der Waals surface area contributed by atoms with Gasteiger partial charge in [0.05, 0.1) is 23.8 Å². The molecular weight excluding hydrogens is 339 g/mol. The number of amides is 1. The van der Waals surface area contributed by atoms with Gasteiger partial charge in [-0.3, -0.25) is 14.8 Å². The standard InChI is InChI=1S/C16H14F3N3O3/c1-10(11-4-6-20-7-5-11)22(14(23)15(24)25)9-13-3-2-12(8-21-13)16(17,18)19/h2-8,10H,9H2,1H3,(H,24,25). The van der Waals surface area contributed by atoms with Crippen LogP contribution in [0.1, 0.15) is 29.8 Å². The summed E-state index contributed by atoms with van der Waals surface area (Å²) in [4.78, 5) is 31.6. The zero-order valence-corrected chi connectivity index (χ0v) is 13.1. The topological polar surface area (TPSA) is 83.4 Å². The van der Waals surface area contributed by atoms with E-state index >= 15 is 0 Å². The molecule has 0 aliphatic heterocycles. The number of rotatable bonds is 4. The third kappa shape index (κ3) is 4.52. The fourth-order valence-corrected chi connectivity index (χ4v) is 2.19. The Balaban J connectivity index is 2.28. The monoisotopic (exact) mass is 353 g/mol. The van der Waals surface area contributed by atoms with E-state index in [-0.39, 0.29) is 12.2 Å². The number of carbonyl (C=O) groups is 2. The second-order valence-electron chi connectivity index (χ2n) is 5.23. The van der Waals surface area contributed by atoms with Gasteiger partial charge >= 0.3 is 18.1 Å². The molecule has 1 atom stereocenters. The van der Waals surface area contributed by atoms with Gasteiger partial charge in [0.2, 0.25) is 0 Å². The van der Waals surface area contributed by atoms with Crippen LogP contribution in [-0.2, 0) is 22.3 Å². The third-order valence-electron chi connectivity index (χ3n) is 3.58. The van der Waals surface area contributed by atoms with Crippen molar-refractivity contribution in [3.8, 4) is 0 Å². The minimum absolute atomic E-state index is 0.142. The van der Waals surface area contributed by atoms with Crippen LogP contribution in [-0.4, -0.2) is 31.9 Å². The summed E-state index contributed by atoms with van der Waals surface area (Å²) in [5.41, 5.74) is -0.144. The van der Waals surface area contributed by atoms with Crippen LogP contribution in [0.4, 0.5) is 13.2 Å². The molecule has 9 heteroatoms. The van der Waals surface area contributed by atoms with Crippen molar-refractivity contribution in [3.63, 3.8) is 0 Å². The predicted molar refractivity (Wildman–Crippen MR) is 80.1 cm³/mol. The number of nitrogens with zero attached hydrogens (tertiary/aromatic N) is 3. The maximum absolute atomic E-state index is 12.6. The average molecular weight is 353 g/mol. The highest BCUT2D eigenvalue weighted by Crippen LogP contribution is 2.29. The van der Waals surface area contributed by atoms with Gasteiger partial charge in [0.25, 0.3) is 0 Å². The van der Waals surface area contributed by atoms with Crippen LogP contribution in [0.15, 0.2) is 42.9 Å². The van der Waals surface area contributed by atoms with Gasteiger partial charge in [-0.15, -0.1) is 0 Å². The Bertz CT molecular complexity index is 749. The van der Waals surface area contributed by atoms with Crippen molar-refractivity contribution in [2.75, 3.05) is 0 Å². The number of halogens is 3. The van der Waals surface area contributed by atoms with E-state index in [9.17, 15) is 22.8 Å². The number of carboxylic acids is 1. The number of aliphatic carboxylic acids is 1. The molecule has 0 aromatic carbocycles. The zero-order chi connectivity index (χ0) is 18.6. The van der Waals surface area contributed by atoms with Crippen LogP contribution < -0.4 is 0 Å². The van der Waals surface area contributed by atoms with Crippen molar-refractivity contribution in [1.82, 2.24) is 14.9 Å². The maximum atomic E-state index is 12.6. The van der Waals surface area contributed by atoms with Gasteiger partial charge in [0, 0.05) is 18.6 Å². The van der Waals surface area contributed by atoms with Crippen LogP contribution in [0, 0.1) is 0 Å². The van der Waals surface area contributed by atoms with E-state index in [1.165, 1.54) is 12.4 Å². The van der Waals surface area contributed by atoms with Crippen LogP contribution in [0.5, 0.6) is 0 Å². The number of aromatic nitrogens is 2. The van der Waals surface area contributed by atoms with E-state index in [0.717, 1.165) is 17.0 Å². The second kappa shape index (κ2) is 7.29. The number of carbonyl (C=O) groups excluding carboxylic acids is 1. The van der Waals surface area contributed by atoms with Gasteiger partial charge in [-0.2, -0.15) is 13.2 Å². The Morgan fingerprint density at radius 1 is 1.20 bits per heavy atom. The summed E-state index contributed by atoms with van der Waals surface area (Å²) in [6.07, 6.45) is -0.889. The first-order chi connectivity index (χ1) is 11.7.